The lowest BCUT2D eigenvalue weighted by atomic mass is 9.46. The lowest BCUT2D eigenvalue weighted by molar-refractivity contribution is -0.158. The van der Waals surface area contributed by atoms with Crippen molar-refractivity contribution in [3.05, 3.63) is 28.8 Å². The number of rotatable bonds is 4. The number of benzene rings is 1. The Morgan fingerprint density at radius 1 is 1.45 bits per heavy atom. The molecule has 0 amide bonds. The van der Waals surface area contributed by atoms with E-state index in [1.54, 1.807) is 6.26 Å². The molecule has 1 N–H and O–H groups in total. The molecule has 1 spiro atoms. The molecule has 0 unspecified atom stereocenters. The molecule has 0 radical (unpaired) electrons. The van der Waals surface area contributed by atoms with Gasteiger partial charge >= 0.3 is 0 Å². The second-order valence-corrected chi connectivity index (χ2v) is 8.82. The SMILES string of the molecule is C[S@](=O)Cc1cc(N[C@@H]2[C@@H]3CCO[C@@H]3C23CCC3)ccc1Cl. The summed E-state index contributed by atoms with van der Waals surface area (Å²) < 4.78 is 17.5. The van der Waals surface area contributed by atoms with Crippen molar-refractivity contribution in [2.75, 3.05) is 18.2 Å². The standard InChI is InChI=1S/C17H22ClNO2S/c1-22(20)10-11-9-12(3-4-14(11)18)19-15-13-5-8-21-16(13)17(15)6-2-7-17/h3-4,9,13,15-16,19H,2,5-8,10H2,1H3/t13-,15+,16-,22-/m0/s1. The van der Waals surface area contributed by atoms with Crippen LogP contribution in [0.1, 0.15) is 31.2 Å². The van der Waals surface area contributed by atoms with Crippen LogP contribution in [0.15, 0.2) is 18.2 Å². The number of ether oxygens (including phenoxy) is 1. The highest BCUT2D eigenvalue weighted by Crippen LogP contribution is 2.63. The van der Waals surface area contributed by atoms with Gasteiger partial charge in [0, 0.05) is 57.5 Å². The monoisotopic (exact) mass is 339 g/mol. The molecule has 3 nitrogen and oxygen atoms in total. The number of anilines is 1. The molecule has 120 valence electrons. The van der Waals surface area contributed by atoms with Crippen molar-refractivity contribution in [1.82, 2.24) is 0 Å². The third-order valence-electron chi connectivity index (χ3n) is 5.76. The van der Waals surface area contributed by atoms with Gasteiger partial charge in [-0.15, -0.1) is 0 Å². The molecule has 1 saturated heterocycles. The van der Waals surface area contributed by atoms with Crippen molar-refractivity contribution >= 4 is 28.1 Å². The van der Waals surface area contributed by atoms with Gasteiger partial charge in [-0.3, -0.25) is 4.21 Å². The van der Waals surface area contributed by atoms with Gasteiger partial charge in [-0.25, -0.2) is 0 Å². The molecule has 3 aliphatic rings. The van der Waals surface area contributed by atoms with Crippen molar-refractivity contribution in [2.24, 2.45) is 11.3 Å². The third kappa shape index (κ3) is 2.22. The van der Waals surface area contributed by atoms with Crippen molar-refractivity contribution in [2.45, 2.75) is 43.6 Å². The Hall–Kier alpha value is -0.580. The summed E-state index contributed by atoms with van der Waals surface area (Å²) in [5.41, 5.74) is 2.44. The first-order valence-corrected chi connectivity index (χ1v) is 10.2. The van der Waals surface area contributed by atoms with Gasteiger partial charge in [-0.1, -0.05) is 18.0 Å². The normalized spacial score (nSPS) is 32.9. The van der Waals surface area contributed by atoms with Crippen LogP contribution in [-0.4, -0.2) is 29.2 Å². The maximum absolute atomic E-state index is 11.5. The lowest BCUT2D eigenvalue weighted by Gasteiger charge is -2.63. The molecule has 1 aliphatic heterocycles. The summed E-state index contributed by atoms with van der Waals surface area (Å²) in [5, 5.41) is 4.45. The number of fused-ring (bicyclic) bond motifs is 2. The summed E-state index contributed by atoms with van der Waals surface area (Å²) in [5.74, 6) is 1.17. The second kappa shape index (κ2) is 5.50. The smallest absolute Gasteiger partial charge is 0.0699 e. The molecule has 22 heavy (non-hydrogen) atoms. The Bertz CT molecular complexity index is 617. The first-order chi connectivity index (χ1) is 10.6. The summed E-state index contributed by atoms with van der Waals surface area (Å²) in [6, 6.07) is 6.55. The van der Waals surface area contributed by atoms with Gasteiger partial charge in [-0.2, -0.15) is 0 Å². The van der Waals surface area contributed by atoms with Crippen molar-refractivity contribution in [3.63, 3.8) is 0 Å². The maximum Gasteiger partial charge on any atom is 0.0699 e. The Balaban J connectivity index is 1.54. The largest absolute Gasteiger partial charge is 0.381 e. The fourth-order valence-corrected chi connectivity index (χ4v) is 5.57. The van der Waals surface area contributed by atoms with E-state index in [4.69, 9.17) is 16.3 Å². The average molecular weight is 340 g/mol. The summed E-state index contributed by atoms with van der Waals surface area (Å²) in [6.07, 6.45) is 7.26. The van der Waals surface area contributed by atoms with E-state index >= 15 is 0 Å². The number of hydrogen-bond donors (Lipinski definition) is 1. The Labute approximate surface area is 139 Å². The van der Waals surface area contributed by atoms with Gasteiger partial charge in [-0.05, 0) is 43.0 Å². The van der Waals surface area contributed by atoms with Crippen LogP contribution in [-0.2, 0) is 21.3 Å². The predicted octanol–water partition coefficient (Wildman–Crippen LogP) is 3.59. The zero-order valence-electron chi connectivity index (χ0n) is 12.8. The molecule has 4 rings (SSSR count). The summed E-state index contributed by atoms with van der Waals surface area (Å²) in [6.45, 7) is 0.913. The highest BCUT2D eigenvalue weighted by molar-refractivity contribution is 7.83. The minimum absolute atomic E-state index is 0.370. The fraction of sp³-hybridized carbons (Fsp3) is 0.647. The zero-order chi connectivity index (χ0) is 15.3. The average Bonchev–Trinajstić information content (AvgIpc) is 2.82. The van der Waals surface area contributed by atoms with E-state index in [1.165, 1.54) is 25.7 Å². The molecular weight excluding hydrogens is 318 g/mol. The first-order valence-electron chi connectivity index (χ1n) is 8.07. The van der Waals surface area contributed by atoms with Crippen LogP contribution in [0.5, 0.6) is 0 Å². The van der Waals surface area contributed by atoms with Gasteiger partial charge in [0.25, 0.3) is 0 Å². The predicted molar refractivity (Wildman–Crippen MR) is 90.8 cm³/mol. The van der Waals surface area contributed by atoms with E-state index in [0.29, 0.717) is 34.3 Å². The third-order valence-corrected chi connectivity index (χ3v) is 6.85. The highest BCUT2D eigenvalue weighted by Gasteiger charge is 2.66. The fourth-order valence-electron chi connectivity index (χ4n) is 4.63. The topological polar surface area (TPSA) is 38.3 Å². The summed E-state index contributed by atoms with van der Waals surface area (Å²) in [7, 11) is -0.878. The van der Waals surface area contributed by atoms with Crippen LogP contribution in [0.25, 0.3) is 0 Å². The first kappa shape index (κ1) is 15.0. The molecule has 1 heterocycles. The molecule has 1 aromatic carbocycles. The van der Waals surface area contributed by atoms with Gasteiger partial charge in [0.1, 0.15) is 0 Å². The quantitative estimate of drug-likeness (QED) is 0.911. The lowest BCUT2D eigenvalue weighted by Crippen LogP contribution is -2.68. The number of hydrogen-bond acceptors (Lipinski definition) is 3. The second-order valence-electron chi connectivity index (χ2n) is 6.98. The maximum atomic E-state index is 11.5. The molecule has 4 atom stereocenters. The molecule has 0 aromatic heterocycles. The molecule has 5 heteroatoms. The molecule has 1 aromatic rings. The van der Waals surface area contributed by atoms with Crippen LogP contribution >= 0.6 is 11.6 Å². The van der Waals surface area contributed by atoms with Crippen molar-refractivity contribution < 1.29 is 8.95 Å². The van der Waals surface area contributed by atoms with Gasteiger partial charge in [0.05, 0.1) is 6.10 Å². The summed E-state index contributed by atoms with van der Waals surface area (Å²) >= 11 is 6.23. The van der Waals surface area contributed by atoms with Crippen molar-refractivity contribution in [1.29, 1.82) is 0 Å². The molecule has 0 bridgehead atoms. The number of halogens is 1. The van der Waals surface area contributed by atoms with E-state index in [9.17, 15) is 4.21 Å². The minimum atomic E-state index is -0.878. The molecule has 3 fully saturated rings. The summed E-state index contributed by atoms with van der Waals surface area (Å²) in [4.78, 5) is 0. The van der Waals surface area contributed by atoms with Crippen LogP contribution < -0.4 is 5.32 Å². The van der Waals surface area contributed by atoms with Crippen LogP contribution in [0.3, 0.4) is 0 Å². The minimum Gasteiger partial charge on any atom is -0.381 e. The van der Waals surface area contributed by atoms with E-state index < -0.39 is 10.8 Å². The Morgan fingerprint density at radius 2 is 2.27 bits per heavy atom. The van der Waals surface area contributed by atoms with Crippen LogP contribution in [0, 0.1) is 11.3 Å². The van der Waals surface area contributed by atoms with Gasteiger partial charge in [0.15, 0.2) is 0 Å². The van der Waals surface area contributed by atoms with E-state index in [0.717, 1.165) is 17.9 Å². The number of nitrogens with one attached hydrogen (secondary N) is 1. The van der Waals surface area contributed by atoms with Gasteiger partial charge in [0.2, 0.25) is 0 Å². The van der Waals surface area contributed by atoms with Crippen molar-refractivity contribution in [3.8, 4) is 0 Å². The molecular formula is C17H22ClNO2S. The highest BCUT2D eigenvalue weighted by atomic mass is 35.5. The van der Waals surface area contributed by atoms with E-state index in [1.807, 2.05) is 12.1 Å². The Morgan fingerprint density at radius 3 is 2.95 bits per heavy atom. The van der Waals surface area contributed by atoms with Crippen LogP contribution in [0.2, 0.25) is 5.02 Å². The van der Waals surface area contributed by atoms with Gasteiger partial charge < -0.3 is 10.1 Å². The Kier molecular flexibility index (Phi) is 3.74. The molecule has 2 saturated carbocycles. The van der Waals surface area contributed by atoms with E-state index in [-0.39, 0.29) is 0 Å². The zero-order valence-corrected chi connectivity index (χ0v) is 14.4. The van der Waals surface area contributed by atoms with Crippen LogP contribution in [0.4, 0.5) is 5.69 Å². The van der Waals surface area contributed by atoms with E-state index in [2.05, 4.69) is 11.4 Å². The molecule has 2 aliphatic carbocycles.